The topological polar surface area (TPSA) is 34.1 Å². The fraction of sp³-hybridized carbons (Fsp3) is 0.412. The number of rotatable bonds is 3. The molecule has 5 heteroatoms. The van der Waals surface area contributed by atoms with Crippen molar-refractivity contribution in [1.29, 1.82) is 0 Å². The summed E-state index contributed by atoms with van der Waals surface area (Å²) in [7, 11) is -3.52. The first-order chi connectivity index (χ1) is 10.5. The molecule has 0 amide bonds. The lowest BCUT2D eigenvalue weighted by Gasteiger charge is -2.22. The lowest BCUT2D eigenvalue weighted by atomic mass is 9.83. The van der Waals surface area contributed by atoms with Crippen LogP contribution in [-0.2, 0) is 9.84 Å². The number of sulfone groups is 1. The van der Waals surface area contributed by atoms with E-state index in [2.05, 4.69) is 5.38 Å². The standard InChI is InChI=1S/C17H19FO2S2/c1-22(19,20)17-8-7-13(9-16(17)18)15-11-21-10-14(15)12-5-3-2-4-6-12/h7-12H,2-6H2,1H3. The number of halogens is 1. The number of hydrogen-bond donors (Lipinski definition) is 0. The van der Waals surface area contributed by atoms with Gasteiger partial charge in [-0.3, -0.25) is 0 Å². The molecule has 0 unspecified atom stereocenters. The highest BCUT2D eigenvalue weighted by atomic mass is 32.2. The fourth-order valence-electron chi connectivity index (χ4n) is 3.24. The molecular formula is C17H19FO2S2. The van der Waals surface area contributed by atoms with Gasteiger partial charge < -0.3 is 0 Å². The Kier molecular flexibility index (Phi) is 4.37. The van der Waals surface area contributed by atoms with Crippen molar-refractivity contribution in [2.75, 3.05) is 6.26 Å². The maximum atomic E-state index is 14.1. The molecule has 118 valence electrons. The second kappa shape index (κ2) is 6.13. The summed E-state index contributed by atoms with van der Waals surface area (Å²) in [6, 6.07) is 4.45. The van der Waals surface area contributed by atoms with Crippen LogP contribution in [0.2, 0.25) is 0 Å². The molecule has 1 saturated carbocycles. The maximum absolute atomic E-state index is 14.1. The van der Waals surface area contributed by atoms with Crippen LogP contribution in [0.5, 0.6) is 0 Å². The summed E-state index contributed by atoms with van der Waals surface area (Å²) in [5, 5.41) is 4.20. The van der Waals surface area contributed by atoms with Crippen molar-refractivity contribution >= 4 is 21.2 Å². The fourth-order valence-corrected chi connectivity index (χ4v) is 4.91. The predicted molar refractivity (Wildman–Crippen MR) is 88.6 cm³/mol. The molecule has 1 aliphatic carbocycles. The Bertz CT molecular complexity index is 772. The summed E-state index contributed by atoms with van der Waals surface area (Å²) in [6.45, 7) is 0. The SMILES string of the molecule is CS(=O)(=O)c1ccc(-c2cscc2C2CCCCC2)cc1F. The van der Waals surface area contributed by atoms with E-state index in [1.165, 1.54) is 49.8 Å². The molecule has 1 aromatic heterocycles. The maximum Gasteiger partial charge on any atom is 0.178 e. The molecule has 1 fully saturated rings. The minimum Gasteiger partial charge on any atom is -0.224 e. The van der Waals surface area contributed by atoms with Crippen LogP contribution in [0, 0.1) is 5.82 Å². The van der Waals surface area contributed by atoms with Crippen molar-refractivity contribution < 1.29 is 12.8 Å². The largest absolute Gasteiger partial charge is 0.224 e. The zero-order chi connectivity index (χ0) is 15.7. The molecular weight excluding hydrogens is 319 g/mol. The van der Waals surface area contributed by atoms with E-state index in [4.69, 9.17) is 0 Å². The molecule has 0 saturated heterocycles. The molecule has 2 nitrogen and oxygen atoms in total. The Balaban J connectivity index is 1.99. The Morgan fingerprint density at radius 2 is 1.86 bits per heavy atom. The van der Waals surface area contributed by atoms with E-state index in [0.717, 1.165) is 17.4 Å². The third-order valence-electron chi connectivity index (χ3n) is 4.38. The summed E-state index contributed by atoms with van der Waals surface area (Å²) < 4.78 is 37.2. The number of thiophene rings is 1. The Hall–Kier alpha value is -1.20. The van der Waals surface area contributed by atoms with Crippen molar-refractivity contribution in [3.63, 3.8) is 0 Å². The second-order valence-electron chi connectivity index (χ2n) is 5.99. The van der Waals surface area contributed by atoms with E-state index in [-0.39, 0.29) is 4.90 Å². The van der Waals surface area contributed by atoms with Crippen LogP contribution in [0.25, 0.3) is 11.1 Å². The van der Waals surface area contributed by atoms with Gasteiger partial charge in [0.25, 0.3) is 0 Å². The minimum atomic E-state index is -3.52. The number of hydrogen-bond acceptors (Lipinski definition) is 3. The molecule has 0 N–H and O–H groups in total. The summed E-state index contributed by atoms with van der Waals surface area (Å²) in [4.78, 5) is -0.231. The predicted octanol–water partition coefficient (Wildman–Crippen LogP) is 5.01. The van der Waals surface area contributed by atoms with Crippen LogP contribution >= 0.6 is 11.3 Å². The van der Waals surface area contributed by atoms with Crippen LogP contribution in [0.4, 0.5) is 4.39 Å². The molecule has 1 aliphatic rings. The Morgan fingerprint density at radius 1 is 1.14 bits per heavy atom. The van der Waals surface area contributed by atoms with Crippen LogP contribution in [0.3, 0.4) is 0 Å². The summed E-state index contributed by atoms with van der Waals surface area (Å²) in [5.74, 6) is -0.117. The monoisotopic (exact) mass is 338 g/mol. The van der Waals surface area contributed by atoms with Crippen molar-refractivity contribution in [2.24, 2.45) is 0 Å². The van der Waals surface area contributed by atoms with Gasteiger partial charge in [0.05, 0.1) is 0 Å². The zero-order valence-electron chi connectivity index (χ0n) is 12.5. The van der Waals surface area contributed by atoms with Gasteiger partial charge >= 0.3 is 0 Å². The van der Waals surface area contributed by atoms with Gasteiger partial charge in [0.1, 0.15) is 10.7 Å². The molecule has 3 rings (SSSR count). The van der Waals surface area contributed by atoms with Crippen LogP contribution in [0.1, 0.15) is 43.6 Å². The van der Waals surface area contributed by atoms with Gasteiger partial charge in [-0.2, -0.15) is 11.3 Å². The van der Waals surface area contributed by atoms with Crippen molar-refractivity contribution in [3.05, 3.63) is 40.3 Å². The lowest BCUT2D eigenvalue weighted by Crippen LogP contribution is -2.05. The minimum absolute atomic E-state index is 0.231. The quantitative estimate of drug-likeness (QED) is 0.789. The highest BCUT2D eigenvalue weighted by Crippen LogP contribution is 2.40. The highest BCUT2D eigenvalue weighted by molar-refractivity contribution is 7.90. The van der Waals surface area contributed by atoms with Crippen molar-refractivity contribution in [2.45, 2.75) is 42.9 Å². The molecule has 0 radical (unpaired) electrons. The molecule has 0 aliphatic heterocycles. The van der Waals surface area contributed by atoms with Crippen molar-refractivity contribution in [1.82, 2.24) is 0 Å². The molecule has 1 aromatic carbocycles. The van der Waals surface area contributed by atoms with E-state index in [0.29, 0.717) is 5.92 Å². The first-order valence-corrected chi connectivity index (χ1v) is 10.4. The zero-order valence-corrected chi connectivity index (χ0v) is 14.1. The van der Waals surface area contributed by atoms with Gasteiger partial charge in [0.2, 0.25) is 0 Å². The molecule has 22 heavy (non-hydrogen) atoms. The summed E-state index contributed by atoms with van der Waals surface area (Å²) in [6.07, 6.45) is 7.21. The van der Waals surface area contributed by atoms with Gasteiger partial charge in [-0.1, -0.05) is 25.3 Å². The average Bonchev–Trinajstić information content (AvgIpc) is 2.96. The molecule has 0 spiro atoms. The Morgan fingerprint density at radius 3 is 2.50 bits per heavy atom. The summed E-state index contributed by atoms with van der Waals surface area (Å²) in [5.41, 5.74) is 3.11. The van der Waals surface area contributed by atoms with Gasteiger partial charge in [0.15, 0.2) is 9.84 Å². The second-order valence-corrected chi connectivity index (χ2v) is 8.72. The van der Waals surface area contributed by atoms with Crippen LogP contribution in [-0.4, -0.2) is 14.7 Å². The van der Waals surface area contributed by atoms with E-state index in [1.807, 2.05) is 5.38 Å². The van der Waals surface area contributed by atoms with Crippen molar-refractivity contribution in [3.8, 4) is 11.1 Å². The van der Waals surface area contributed by atoms with Gasteiger partial charge in [0, 0.05) is 6.26 Å². The number of benzene rings is 1. The smallest absolute Gasteiger partial charge is 0.178 e. The third-order valence-corrected chi connectivity index (χ3v) is 6.27. The summed E-state index contributed by atoms with van der Waals surface area (Å²) >= 11 is 1.63. The van der Waals surface area contributed by atoms with E-state index >= 15 is 0 Å². The first kappa shape index (κ1) is 15.7. The third kappa shape index (κ3) is 3.10. The van der Waals surface area contributed by atoms with E-state index < -0.39 is 15.7 Å². The van der Waals surface area contributed by atoms with Gasteiger partial charge in [-0.15, -0.1) is 0 Å². The molecule has 1 heterocycles. The molecule has 0 atom stereocenters. The van der Waals surface area contributed by atoms with Gasteiger partial charge in [-0.25, -0.2) is 12.8 Å². The van der Waals surface area contributed by atoms with E-state index in [1.54, 1.807) is 17.4 Å². The highest BCUT2D eigenvalue weighted by Gasteiger charge is 2.21. The van der Waals surface area contributed by atoms with E-state index in [9.17, 15) is 12.8 Å². The first-order valence-electron chi connectivity index (χ1n) is 7.53. The van der Waals surface area contributed by atoms with Crippen LogP contribution in [0.15, 0.2) is 33.9 Å². The van der Waals surface area contributed by atoms with Gasteiger partial charge in [-0.05, 0) is 58.3 Å². The lowest BCUT2D eigenvalue weighted by molar-refractivity contribution is 0.445. The average molecular weight is 338 g/mol. The molecule has 2 aromatic rings. The normalized spacial score (nSPS) is 16.8. The van der Waals surface area contributed by atoms with Crippen LogP contribution < -0.4 is 0 Å². The molecule has 0 bridgehead atoms. The Labute approximate surface area is 134 Å².